The first kappa shape index (κ1) is 21.1. The van der Waals surface area contributed by atoms with E-state index in [2.05, 4.69) is 22.1 Å². The van der Waals surface area contributed by atoms with Crippen molar-refractivity contribution in [1.82, 2.24) is 14.8 Å². The Hall–Kier alpha value is -3.78. The van der Waals surface area contributed by atoms with Gasteiger partial charge < -0.3 is 14.8 Å². The van der Waals surface area contributed by atoms with Crippen molar-refractivity contribution in [2.24, 2.45) is 0 Å². The third-order valence-corrected chi connectivity index (χ3v) is 6.22. The summed E-state index contributed by atoms with van der Waals surface area (Å²) in [7, 11) is 0. The number of nitrogens with zero attached hydrogens (tertiary/aromatic N) is 3. The summed E-state index contributed by atoms with van der Waals surface area (Å²) in [4.78, 5) is 12.7. The molecule has 1 amide bonds. The highest BCUT2D eigenvalue weighted by atomic mass is 32.2. The lowest BCUT2D eigenvalue weighted by molar-refractivity contribution is -0.113. The molecule has 1 aliphatic rings. The van der Waals surface area contributed by atoms with Gasteiger partial charge in [-0.05, 0) is 23.6 Å². The quantitative estimate of drug-likeness (QED) is 0.315. The van der Waals surface area contributed by atoms with Crippen LogP contribution in [0.15, 0.2) is 84.5 Å². The molecule has 1 unspecified atom stereocenters. The Labute approximate surface area is 195 Å². The lowest BCUT2D eigenvalue weighted by atomic mass is 10.1. The van der Waals surface area contributed by atoms with Gasteiger partial charge in [0, 0.05) is 17.6 Å². The summed E-state index contributed by atoms with van der Waals surface area (Å²) in [6.45, 7) is 4.67. The molecule has 0 fully saturated rings. The second-order valence-electron chi connectivity index (χ2n) is 7.47. The Kier molecular flexibility index (Phi) is 5.99. The number of rotatable bonds is 7. The molecule has 4 aromatic rings. The van der Waals surface area contributed by atoms with E-state index in [0.717, 1.165) is 16.5 Å². The van der Waals surface area contributed by atoms with Crippen LogP contribution in [0, 0.1) is 0 Å². The van der Waals surface area contributed by atoms with Gasteiger partial charge in [-0.25, -0.2) is 0 Å². The van der Waals surface area contributed by atoms with Crippen LogP contribution in [0.5, 0.6) is 11.5 Å². The number of para-hydroxylation sites is 2. The highest BCUT2D eigenvalue weighted by molar-refractivity contribution is 7.99. The van der Waals surface area contributed by atoms with Gasteiger partial charge in [-0.3, -0.25) is 9.36 Å². The number of anilines is 1. The van der Waals surface area contributed by atoms with Crippen LogP contribution in [0.25, 0.3) is 10.8 Å². The van der Waals surface area contributed by atoms with Crippen molar-refractivity contribution < 1.29 is 14.3 Å². The summed E-state index contributed by atoms with van der Waals surface area (Å²) >= 11 is 1.32. The molecule has 7 nitrogen and oxygen atoms in total. The fourth-order valence-corrected chi connectivity index (χ4v) is 4.50. The molecule has 2 heterocycles. The standard InChI is InChI=1S/C25H22N4O3S/c1-2-14-29-24(22-15-31-20-12-5-6-13-21(20)32-22)27-28-25(29)33-16-23(30)26-19-11-7-9-17-8-3-4-10-18(17)19/h2-13,22H,1,14-16H2,(H,26,30). The molecule has 1 N–H and O–H groups in total. The number of thioether (sulfide) groups is 1. The van der Waals surface area contributed by atoms with Crippen LogP contribution in [0.3, 0.4) is 0 Å². The van der Waals surface area contributed by atoms with Gasteiger partial charge in [-0.1, -0.05) is 66.4 Å². The number of amides is 1. The van der Waals surface area contributed by atoms with Gasteiger partial charge in [0.1, 0.15) is 6.61 Å². The molecule has 1 aliphatic heterocycles. The Morgan fingerprint density at radius 3 is 2.76 bits per heavy atom. The first-order chi connectivity index (χ1) is 16.2. The second-order valence-corrected chi connectivity index (χ2v) is 8.41. The second kappa shape index (κ2) is 9.38. The van der Waals surface area contributed by atoms with Crippen molar-refractivity contribution >= 4 is 34.1 Å². The number of hydrogen-bond acceptors (Lipinski definition) is 6. The van der Waals surface area contributed by atoms with Crippen molar-refractivity contribution in [2.45, 2.75) is 17.8 Å². The van der Waals surface area contributed by atoms with Gasteiger partial charge >= 0.3 is 0 Å². The van der Waals surface area contributed by atoms with Crippen LogP contribution in [-0.4, -0.2) is 33.0 Å². The highest BCUT2D eigenvalue weighted by Gasteiger charge is 2.28. The van der Waals surface area contributed by atoms with Crippen LogP contribution >= 0.6 is 11.8 Å². The number of allylic oxidation sites excluding steroid dienone is 1. The molecule has 0 spiro atoms. The number of carbonyl (C=O) groups excluding carboxylic acids is 1. The molecule has 0 saturated carbocycles. The Morgan fingerprint density at radius 1 is 1.09 bits per heavy atom. The summed E-state index contributed by atoms with van der Waals surface area (Å²) < 4.78 is 13.8. The third kappa shape index (κ3) is 4.42. The summed E-state index contributed by atoms with van der Waals surface area (Å²) in [6, 6.07) is 21.4. The fraction of sp³-hybridized carbons (Fsp3) is 0.160. The third-order valence-electron chi connectivity index (χ3n) is 5.25. The highest BCUT2D eigenvalue weighted by Crippen LogP contribution is 2.36. The van der Waals surface area contributed by atoms with E-state index in [4.69, 9.17) is 9.47 Å². The van der Waals surface area contributed by atoms with Crippen LogP contribution in [-0.2, 0) is 11.3 Å². The molecule has 8 heteroatoms. The van der Waals surface area contributed by atoms with Crippen molar-refractivity contribution in [3.05, 3.63) is 85.2 Å². The van der Waals surface area contributed by atoms with E-state index in [1.54, 1.807) is 6.08 Å². The predicted octanol–water partition coefficient (Wildman–Crippen LogP) is 4.86. The van der Waals surface area contributed by atoms with Crippen molar-refractivity contribution in [3.8, 4) is 11.5 Å². The number of aromatic nitrogens is 3. The summed E-state index contributed by atoms with van der Waals surface area (Å²) in [6.07, 6.45) is 1.37. The molecule has 1 aromatic heterocycles. The first-order valence-electron chi connectivity index (χ1n) is 10.6. The monoisotopic (exact) mass is 458 g/mol. The molecule has 166 valence electrons. The number of hydrogen-bond donors (Lipinski definition) is 1. The van der Waals surface area contributed by atoms with Crippen molar-refractivity contribution in [2.75, 3.05) is 17.7 Å². The summed E-state index contributed by atoms with van der Waals surface area (Å²) in [5, 5.41) is 14.4. The summed E-state index contributed by atoms with van der Waals surface area (Å²) in [5.41, 5.74) is 0.790. The van der Waals surface area contributed by atoms with Gasteiger partial charge in [0.15, 0.2) is 28.6 Å². The smallest absolute Gasteiger partial charge is 0.234 e. The zero-order chi connectivity index (χ0) is 22.6. The first-order valence-corrected chi connectivity index (χ1v) is 11.5. The minimum atomic E-state index is -0.397. The largest absolute Gasteiger partial charge is 0.485 e. The van der Waals surface area contributed by atoms with Crippen molar-refractivity contribution in [1.29, 1.82) is 0 Å². The minimum absolute atomic E-state index is 0.114. The number of carbonyl (C=O) groups is 1. The molecule has 0 saturated heterocycles. The Balaban J connectivity index is 1.29. The lowest BCUT2D eigenvalue weighted by Gasteiger charge is -2.26. The van der Waals surface area contributed by atoms with Gasteiger partial charge in [0.05, 0.1) is 5.75 Å². The minimum Gasteiger partial charge on any atom is -0.485 e. The van der Waals surface area contributed by atoms with E-state index in [1.807, 2.05) is 71.3 Å². The van der Waals surface area contributed by atoms with Crippen LogP contribution < -0.4 is 14.8 Å². The van der Waals surface area contributed by atoms with Gasteiger partial charge in [0.25, 0.3) is 0 Å². The normalized spacial score (nSPS) is 14.7. The zero-order valence-electron chi connectivity index (χ0n) is 17.8. The van der Waals surface area contributed by atoms with E-state index in [9.17, 15) is 4.79 Å². The van der Waals surface area contributed by atoms with Gasteiger partial charge in [-0.15, -0.1) is 16.8 Å². The Bertz CT molecular complexity index is 1310. The molecule has 33 heavy (non-hydrogen) atoms. The topological polar surface area (TPSA) is 78.3 Å². The number of benzene rings is 3. The molecule has 0 aliphatic carbocycles. The molecule has 0 bridgehead atoms. The average Bonchev–Trinajstić information content (AvgIpc) is 3.25. The van der Waals surface area contributed by atoms with E-state index in [-0.39, 0.29) is 11.7 Å². The maximum absolute atomic E-state index is 12.7. The average molecular weight is 459 g/mol. The SMILES string of the molecule is C=CCn1c(SCC(=O)Nc2cccc3ccccc23)nnc1C1COc2ccccc2O1. The molecule has 1 atom stereocenters. The van der Waals surface area contributed by atoms with E-state index in [0.29, 0.717) is 35.6 Å². The number of fused-ring (bicyclic) bond motifs is 2. The van der Waals surface area contributed by atoms with E-state index in [1.165, 1.54) is 11.8 Å². The molecule has 3 aromatic carbocycles. The van der Waals surface area contributed by atoms with Crippen LogP contribution in [0.2, 0.25) is 0 Å². The molecule has 0 radical (unpaired) electrons. The van der Waals surface area contributed by atoms with Gasteiger partial charge in [0.2, 0.25) is 5.91 Å². The fourth-order valence-electron chi connectivity index (χ4n) is 3.74. The van der Waals surface area contributed by atoms with E-state index < -0.39 is 6.10 Å². The summed E-state index contributed by atoms with van der Waals surface area (Å²) in [5.74, 6) is 2.11. The Morgan fingerprint density at radius 2 is 1.88 bits per heavy atom. The molecular weight excluding hydrogens is 436 g/mol. The predicted molar refractivity (Wildman–Crippen MR) is 129 cm³/mol. The number of nitrogens with one attached hydrogen (secondary N) is 1. The maximum Gasteiger partial charge on any atom is 0.234 e. The number of ether oxygens (including phenoxy) is 2. The van der Waals surface area contributed by atoms with Crippen LogP contribution in [0.1, 0.15) is 11.9 Å². The van der Waals surface area contributed by atoms with Gasteiger partial charge in [-0.2, -0.15) is 0 Å². The van der Waals surface area contributed by atoms with Crippen molar-refractivity contribution in [3.63, 3.8) is 0 Å². The maximum atomic E-state index is 12.7. The zero-order valence-corrected chi connectivity index (χ0v) is 18.6. The molecular formula is C25H22N4O3S. The van der Waals surface area contributed by atoms with E-state index >= 15 is 0 Å². The molecule has 5 rings (SSSR count). The van der Waals surface area contributed by atoms with Crippen LogP contribution in [0.4, 0.5) is 5.69 Å². The lowest BCUT2D eigenvalue weighted by Crippen LogP contribution is -2.25.